The van der Waals surface area contributed by atoms with Crippen molar-refractivity contribution in [2.45, 2.75) is 25.7 Å². The fourth-order valence-electron chi connectivity index (χ4n) is 2.92. The van der Waals surface area contributed by atoms with Crippen molar-refractivity contribution in [3.8, 4) is 0 Å². The molecule has 100 valence electrons. The molecule has 1 aromatic rings. The zero-order valence-corrected chi connectivity index (χ0v) is 10.6. The minimum atomic E-state index is -0.796. The second-order valence-electron chi connectivity index (χ2n) is 5.48. The summed E-state index contributed by atoms with van der Waals surface area (Å²) in [6, 6.07) is 5.35. The lowest BCUT2D eigenvalue weighted by molar-refractivity contribution is -0.153. The normalized spacial score (nSPS) is 20.0. The minimum Gasteiger partial charge on any atom is -0.481 e. The number of carboxylic acids is 1. The standard InChI is InChI=1S/C14H16N2O3/c15-10-2-3-11-9(6-10)7-12(17)16(11)8-14(13(18)19)4-1-5-14/h2-3,6H,1,4-5,7-8,15H2,(H,18,19). The average molecular weight is 260 g/mol. The van der Waals surface area contributed by atoms with Crippen molar-refractivity contribution in [2.75, 3.05) is 17.2 Å². The molecule has 1 fully saturated rings. The fraction of sp³-hybridized carbons (Fsp3) is 0.429. The lowest BCUT2D eigenvalue weighted by Crippen LogP contribution is -2.48. The van der Waals surface area contributed by atoms with Crippen LogP contribution in [0.4, 0.5) is 11.4 Å². The number of nitrogens with zero attached hydrogens (tertiary/aromatic N) is 1. The first kappa shape index (κ1) is 12.0. The Bertz CT molecular complexity index is 564. The maximum Gasteiger partial charge on any atom is 0.311 e. The van der Waals surface area contributed by atoms with Gasteiger partial charge < -0.3 is 15.7 Å². The zero-order chi connectivity index (χ0) is 13.6. The SMILES string of the molecule is Nc1ccc2c(c1)CC(=O)N2CC1(C(=O)O)CCC1. The first-order chi connectivity index (χ1) is 9.02. The first-order valence-electron chi connectivity index (χ1n) is 6.44. The molecule has 5 nitrogen and oxygen atoms in total. The number of benzene rings is 1. The molecular weight excluding hydrogens is 244 g/mol. The number of rotatable bonds is 3. The van der Waals surface area contributed by atoms with Gasteiger partial charge in [-0.3, -0.25) is 9.59 Å². The monoisotopic (exact) mass is 260 g/mol. The number of hydrogen-bond donors (Lipinski definition) is 2. The van der Waals surface area contributed by atoms with E-state index < -0.39 is 11.4 Å². The van der Waals surface area contributed by atoms with Gasteiger partial charge in [0, 0.05) is 17.9 Å². The summed E-state index contributed by atoms with van der Waals surface area (Å²) in [4.78, 5) is 25.1. The smallest absolute Gasteiger partial charge is 0.311 e. The van der Waals surface area contributed by atoms with Gasteiger partial charge in [-0.15, -0.1) is 0 Å². The molecular formula is C14H16N2O3. The summed E-state index contributed by atoms with van der Waals surface area (Å²) in [5.74, 6) is -0.830. The number of carboxylic acid groups (broad SMARTS) is 1. The van der Waals surface area contributed by atoms with Crippen molar-refractivity contribution in [3.63, 3.8) is 0 Å². The zero-order valence-electron chi connectivity index (χ0n) is 10.6. The highest BCUT2D eigenvalue weighted by atomic mass is 16.4. The van der Waals surface area contributed by atoms with Gasteiger partial charge in [-0.1, -0.05) is 6.42 Å². The van der Waals surface area contributed by atoms with Crippen molar-refractivity contribution >= 4 is 23.3 Å². The number of amides is 1. The van der Waals surface area contributed by atoms with Crippen molar-refractivity contribution in [3.05, 3.63) is 23.8 Å². The summed E-state index contributed by atoms with van der Waals surface area (Å²) in [6.07, 6.45) is 2.53. The number of aliphatic carboxylic acids is 1. The molecule has 0 bridgehead atoms. The summed E-state index contributed by atoms with van der Waals surface area (Å²) in [5.41, 5.74) is 7.29. The highest BCUT2D eigenvalue weighted by Gasteiger charge is 2.47. The van der Waals surface area contributed by atoms with Crippen LogP contribution in [0, 0.1) is 5.41 Å². The average Bonchev–Trinajstić information content (AvgIpc) is 2.58. The van der Waals surface area contributed by atoms with Crippen LogP contribution in [0.15, 0.2) is 18.2 Å². The molecule has 3 rings (SSSR count). The van der Waals surface area contributed by atoms with Crippen LogP contribution in [0.2, 0.25) is 0 Å². The second-order valence-corrected chi connectivity index (χ2v) is 5.48. The van der Waals surface area contributed by atoms with Crippen LogP contribution in [-0.2, 0) is 16.0 Å². The lowest BCUT2D eigenvalue weighted by Gasteiger charge is -2.40. The molecule has 1 heterocycles. The van der Waals surface area contributed by atoms with E-state index in [2.05, 4.69) is 0 Å². The van der Waals surface area contributed by atoms with Crippen LogP contribution < -0.4 is 10.6 Å². The third-order valence-electron chi connectivity index (χ3n) is 4.26. The van der Waals surface area contributed by atoms with Crippen molar-refractivity contribution in [2.24, 2.45) is 5.41 Å². The number of carbonyl (C=O) groups is 2. The van der Waals surface area contributed by atoms with Gasteiger partial charge in [0.1, 0.15) is 0 Å². The van der Waals surface area contributed by atoms with Gasteiger partial charge in [0.05, 0.1) is 11.8 Å². The van der Waals surface area contributed by atoms with E-state index in [1.54, 1.807) is 17.0 Å². The molecule has 0 radical (unpaired) electrons. The van der Waals surface area contributed by atoms with Gasteiger partial charge in [-0.25, -0.2) is 0 Å². The van der Waals surface area contributed by atoms with E-state index in [0.29, 0.717) is 24.9 Å². The molecule has 1 saturated carbocycles. The Balaban J connectivity index is 1.90. The molecule has 5 heteroatoms. The molecule has 2 aliphatic rings. The van der Waals surface area contributed by atoms with Crippen LogP contribution in [0.3, 0.4) is 0 Å². The van der Waals surface area contributed by atoms with Crippen molar-refractivity contribution in [1.29, 1.82) is 0 Å². The van der Waals surface area contributed by atoms with E-state index >= 15 is 0 Å². The second kappa shape index (κ2) is 3.98. The molecule has 0 spiro atoms. The van der Waals surface area contributed by atoms with Gasteiger partial charge in [-0.05, 0) is 36.6 Å². The quantitative estimate of drug-likeness (QED) is 0.805. The van der Waals surface area contributed by atoms with Gasteiger partial charge in [0.2, 0.25) is 5.91 Å². The van der Waals surface area contributed by atoms with Crippen LogP contribution in [0.1, 0.15) is 24.8 Å². The Morgan fingerprint density at radius 1 is 1.42 bits per heavy atom. The summed E-state index contributed by atoms with van der Waals surface area (Å²) < 4.78 is 0. The first-order valence-corrected chi connectivity index (χ1v) is 6.44. The minimum absolute atomic E-state index is 0.0341. The Kier molecular flexibility index (Phi) is 2.52. The topological polar surface area (TPSA) is 83.6 Å². The Morgan fingerprint density at radius 3 is 2.74 bits per heavy atom. The van der Waals surface area contributed by atoms with Crippen LogP contribution in [0.25, 0.3) is 0 Å². The molecule has 1 aromatic carbocycles. The van der Waals surface area contributed by atoms with E-state index in [1.165, 1.54) is 0 Å². The molecule has 0 unspecified atom stereocenters. The van der Waals surface area contributed by atoms with E-state index in [0.717, 1.165) is 17.7 Å². The number of anilines is 2. The van der Waals surface area contributed by atoms with Crippen LogP contribution in [-0.4, -0.2) is 23.5 Å². The highest BCUT2D eigenvalue weighted by Crippen LogP contribution is 2.44. The third kappa shape index (κ3) is 1.77. The van der Waals surface area contributed by atoms with Gasteiger partial charge in [0.15, 0.2) is 0 Å². The summed E-state index contributed by atoms with van der Waals surface area (Å²) >= 11 is 0. The van der Waals surface area contributed by atoms with E-state index in [4.69, 9.17) is 5.73 Å². The van der Waals surface area contributed by atoms with Crippen LogP contribution >= 0.6 is 0 Å². The van der Waals surface area contributed by atoms with E-state index in [9.17, 15) is 14.7 Å². The van der Waals surface area contributed by atoms with Gasteiger partial charge >= 0.3 is 5.97 Å². The molecule has 0 atom stereocenters. The lowest BCUT2D eigenvalue weighted by atomic mass is 9.68. The summed E-state index contributed by atoms with van der Waals surface area (Å²) in [7, 11) is 0. The van der Waals surface area contributed by atoms with Crippen molar-refractivity contribution in [1.82, 2.24) is 0 Å². The summed E-state index contributed by atoms with van der Waals surface area (Å²) in [6.45, 7) is 0.276. The maximum absolute atomic E-state index is 12.1. The van der Waals surface area contributed by atoms with Gasteiger partial charge in [-0.2, -0.15) is 0 Å². The van der Waals surface area contributed by atoms with Crippen molar-refractivity contribution < 1.29 is 14.7 Å². The van der Waals surface area contributed by atoms with Gasteiger partial charge in [0.25, 0.3) is 0 Å². The predicted octanol–water partition coefficient (Wildman–Crippen LogP) is 1.41. The molecule has 1 aliphatic carbocycles. The molecule has 1 aliphatic heterocycles. The Morgan fingerprint density at radius 2 is 2.16 bits per heavy atom. The fourth-order valence-corrected chi connectivity index (χ4v) is 2.92. The van der Waals surface area contributed by atoms with E-state index in [-0.39, 0.29) is 12.5 Å². The summed E-state index contributed by atoms with van der Waals surface area (Å²) in [5, 5.41) is 9.36. The number of hydrogen-bond acceptors (Lipinski definition) is 3. The molecule has 0 saturated heterocycles. The number of carbonyl (C=O) groups excluding carboxylic acids is 1. The number of nitrogen functional groups attached to an aromatic ring is 1. The third-order valence-corrected chi connectivity index (χ3v) is 4.26. The largest absolute Gasteiger partial charge is 0.481 e. The number of fused-ring (bicyclic) bond motifs is 1. The number of nitrogens with two attached hydrogens (primary N) is 1. The van der Waals surface area contributed by atoms with Crippen LogP contribution in [0.5, 0.6) is 0 Å². The molecule has 3 N–H and O–H groups in total. The predicted molar refractivity (Wildman–Crippen MR) is 70.8 cm³/mol. The molecule has 1 amide bonds. The molecule has 0 aromatic heterocycles. The maximum atomic E-state index is 12.1. The highest BCUT2D eigenvalue weighted by molar-refractivity contribution is 6.02. The Hall–Kier alpha value is -2.04. The Labute approximate surface area is 111 Å². The van der Waals surface area contributed by atoms with E-state index in [1.807, 2.05) is 6.07 Å². The molecule has 19 heavy (non-hydrogen) atoms.